The predicted octanol–water partition coefficient (Wildman–Crippen LogP) is 4.14. The topological polar surface area (TPSA) is 49.0 Å². The minimum Gasteiger partial charge on any atom is -0.346 e. The Bertz CT molecular complexity index is 723. The number of hydrogen-bond acceptors (Lipinski definition) is 3. The zero-order chi connectivity index (χ0) is 17.2. The summed E-state index contributed by atoms with van der Waals surface area (Å²) in [6.07, 6.45) is 13.2. The van der Waals surface area contributed by atoms with Crippen molar-refractivity contribution in [3.63, 3.8) is 0 Å². The number of hydrogen-bond donors (Lipinski definition) is 1. The van der Waals surface area contributed by atoms with E-state index in [0.717, 1.165) is 30.0 Å². The fraction of sp³-hybridized carbons (Fsp3) is 0.619. The van der Waals surface area contributed by atoms with Gasteiger partial charge in [0.15, 0.2) is 0 Å². The molecular formula is C21H29N3O. The third kappa shape index (κ3) is 3.24. The molecule has 2 aliphatic rings. The summed E-state index contributed by atoms with van der Waals surface area (Å²) in [5.41, 5.74) is 2.14. The van der Waals surface area contributed by atoms with Crippen molar-refractivity contribution in [1.29, 1.82) is 0 Å². The van der Waals surface area contributed by atoms with Crippen molar-refractivity contribution in [3.8, 4) is 0 Å². The summed E-state index contributed by atoms with van der Waals surface area (Å²) in [5.74, 6) is 1.11. The molecule has 1 saturated heterocycles. The molecule has 2 aromatic heterocycles. The second-order valence-electron chi connectivity index (χ2n) is 7.98. The number of fused-ring (bicyclic) bond motifs is 2. The molecule has 4 rings (SSSR count). The second-order valence-corrected chi connectivity index (χ2v) is 7.98. The van der Waals surface area contributed by atoms with E-state index in [9.17, 15) is 4.79 Å². The minimum absolute atomic E-state index is 0.0416. The molecule has 4 heteroatoms. The third-order valence-corrected chi connectivity index (χ3v) is 6.59. The Morgan fingerprint density at radius 1 is 1.32 bits per heavy atom. The lowest BCUT2D eigenvalue weighted by Gasteiger charge is -2.45. The van der Waals surface area contributed by atoms with Gasteiger partial charge >= 0.3 is 0 Å². The van der Waals surface area contributed by atoms with Crippen LogP contribution in [0, 0.1) is 11.8 Å². The summed E-state index contributed by atoms with van der Waals surface area (Å²) >= 11 is 0. The van der Waals surface area contributed by atoms with Crippen LogP contribution in [-0.2, 0) is 4.79 Å². The summed E-state index contributed by atoms with van der Waals surface area (Å²) < 4.78 is 0. The van der Waals surface area contributed by atoms with Crippen LogP contribution < -0.4 is 0 Å². The molecule has 0 amide bonds. The van der Waals surface area contributed by atoms with E-state index in [1.54, 1.807) is 6.20 Å². The van der Waals surface area contributed by atoms with Gasteiger partial charge in [-0.25, -0.2) is 4.98 Å². The van der Waals surface area contributed by atoms with Crippen molar-refractivity contribution in [3.05, 3.63) is 30.1 Å². The summed E-state index contributed by atoms with van der Waals surface area (Å²) in [6.45, 7) is 4.25. The first-order chi connectivity index (χ1) is 12.3. The summed E-state index contributed by atoms with van der Waals surface area (Å²) in [6, 6.07) is 4.78. The van der Waals surface area contributed by atoms with Gasteiger partial charge in [0.05, 0.1) is 0 Å². The van der Waals surface area contributed by atoms with E-state index in [1.165, 1.54) is 50.4 Å². The maximum atomic E-state index is 12.0. The first-order valence-corrected chi connectivity index (χ1v) is 9.89. The van der Waals surface area contributed by atoms with Gasteiger partial charge in [0.2, 0.25) is 0 Å². The van der Waals surface area contributed by atoms with Crippen LogP contribution in [0.2, 0.25) is 0 Å². The highest BCUT2D eigenvalue weighted by molar-refractivity contribution is 5.80. The van der Waals surface area contributed by atoms with Gasteiger partial charge in [-0.05, 0) is 61.8 Å². The van der Waals surface area contributed by atoms with Gasteiger partial charge in [-0.3, -0.25) is 4.90 Å². The van der Waals surface area contributed by atoms with E-state index in [-0.39, 0.29) is 11.8 Å². The van der Waals surface area contributed by atoms with Crippen molar-refractivity contribution in [2.45, 2.75) is 57.4 Å². The number of likely N-dealkylation sites (tertiary alicyclic amines) is 1. The second kappa shape index (κ2) is 7.28. The maximum Gasteiger partial charge on any atom is 0.137 e. The van der Waals surface area contributed by atoms with Gasteiger partial charge in [-0.1, -0.05) is 19.8 Å². The molecule has 1 saturated carbocycles. The van der Waals surface area contributed by atoms with Crippen LogP contribution in [-0.4, -0.2) is 40.3 Å². The number of piperidine rings is 1. The van der Waals surface area contributed by atoms with Crippen molar-refractivity contribution >= 4 is 17.3 Å². The van der Waals surface area contributed by atoms with Crippen LogP contribution in [0.25, 0.3) is 11.0 Å². The van der Waals surface area contributed by atoms with E-state index in [1.807, 2.05) is 12.3 Å². The van der Waals surface area contributed by atoms with Crippen molar-refractivity contribution in [2.75, 3.05) is 13.1 Å². The fourth-order valence-electron chi connectivity index (χ4n) is 5.13. The predicted molar refractivity (Wildman–Crippen MR) is 101 cm³/mol. The summed E-state index contributed by atoms with van der Waals surface area (Å²) in [7, 11) is 0. The number of H-pyrrole nitrogens is 1. The van der Waals surface area contributed by atoms with Gasteiger partial charge in [-0.15, -0.1) is 0 Å². The largest absolute Gasteiger partial charge is 0.346 e. The summed E-state index contributed by atoms with van der Waals surface area (Å²) in [5, 5.41) is 1.15. The summed E-state index contributed by atoms with van der Waals surface area (Å²) in [4.78, 5) is 22.2. The molecule has 0 bridgehead atoms. The van der Waals surface area contributed by atoms with E-state index < -0.39 is 0 Å². The van der Waals surface area contributed by atoms with E-state index in [2.05, 4.69) is 27.9 Å². The number of aromatic nitrogens is 2. The van der Waals surface area contributed by atoms with E-state index in [0.29, 0.717) is 6.04 Å². The molecular weight excluding hydrogens is 310 g/mol. The Hall–Kier alpha value is -1.68. The zero-order valence-electron chi connectivity index (χ0n) is 15.2. The molecule has 3 heterocycles. The highest BCUT2D eigenvalue weighted by atomic mass is 16.1. The van der Waals surface area contributed by atoms with E-state index >= 15 is 0 Å². The number of pyridine rings is 1. The average molecular weight is 339 g/mol. The first-order valence-electron chi connectivity index (χ1n) is 9.89. The van der Waals surface area contributed by atoms with Gasteiger partial charge in [-0.2, -0.15) is 0 Å². The van der Waals surface area contributed by atoms with Crippen molar-refractivity contribution in [1.82, 2.24) is 14.9 Å². The van der Waals surface area contributed by atoms with Gasteiger partial charge in [0.25, 0.3) is 0 Å². The number of aldehydes is 1. The van der Waals surface area contributed by atoms with Crippen LogP contribution >= 0.6 is 0 Å². The fourth-order valence-corrected chi connectivity index (χ4v) is 5.13. The van der Waals surface area contributed by atoms with Crippen LogP contribution in [0.15, 0.2) is 24.5 Å². The zero-order valence-corrected chi connectivity index (χ0v) is 15.2. The Kier molecular flexibility index (Phi) is 4.89. The Morgan fingerprint density at radius 3 is 3.04 bits per heavy atom. The average Bonchev–Trinajstić information content (AvgIpc) is 3.10. The third-order valence-electron chi connectivity index (χ3n) is 6.59. The van der Waals surface area contributed by atoms with Gasteiger partial charge < -0.3 is 9.78 Å². The molecule has 2 fully saturated rings. The molecule has 25 heavy (non-hydrogen) atoms. The number of nitrogens with zero attached hydrogens (tertiary/aromatic N) is 2. The number of aromatic amines is 1. The Balaban J connectivity index is 1.52. The van der Waals surface area contributed by atoms with Crippen LogP contribution in [0.1, 0.15) is 56.9 Å². The molecule has 1 N–H and O–H groups in total. The monoisotopic (exact) mass is 339 g/mol. The molecule has 134 valence electrons. The van der Waals surface area contributed by atoms with Crippen molar-refractivity contribution in [2.24, 2.45) is 11.8 Å². The maximum absolute atomic E-state index is 12.0. The smallest absolute Gasteiger partial charge is 0.137 e. The lowest BCUT2D eigenvalue weighted by atomic mass is 9.77. The number of nitrogens with one attached hydrogen (secondary N) is 1. The standard InChI is InChI=1S/C21H29N3O/c1-15(19-12-23-21-18(19)8-4-10-22-21)17(14-25)13-24-11-5-7-16-6-2-3-9-20(16)24/h4,8,10,12,14-17,20H,2-3,5-7,9,11,13H2,1H3,(H,22,23). The number of rotatable bonds is 5. The molecule has 4 unspecified atom stereocenters. The van der Waals surface area contributed by atoms with E-state index in [4.69, 9.17) is 0 Å². The molecule has 1 aliphatic carbocycles. The molecule has 4 nitrogen and oxygen atoms in total. The highest BCUT2D eigenvalue weighted by Crippen LogP contribution is 2.37. The van der Waals surface area contributed by atoms with Crippen molar-refractivity contribution < 1.29 is 4.79 Å². The van der Waals surface area contributed by atoms with Gasteiger partial charge in [0, 0.05) is 36.3 Å². The SMILES string of the molecule is CC(c1c[nH]c2ncccc12)C(C=O)CN1CCCC2CCCCC21. The number of carbonyl (C=O) groups is 1. The minimum atomic E-state index is 0.0416. The number of carbonyl (C=O) groups excluding carboxylic acids is 1. The van der Waals surface area contributed by atoms with Crippen LogP contribution in [0.4, 0.5) is 0 Å². The first kappa shape index (κ1) is 16.8. The molecule has 1 aliphatic heterocycles. The lowest BCUT2D eigenvalue weighted by molar-refractivity contribution is -0.112. The molecule has 2 aromatic rings. The normalized spacial score (nSPS) is 26.9. The molecule has 0 aromatic carbocycles. The molecule has 4 atom stereocenters. The molecule has 0 spiro atoms. The lowest BCUT2D eigenvalue weighted by Crippen LogP contribution is -2.49. The van der Waals surface area contributed by atoms with Gasteiger partial charge in [0.1, 0.15) is 11.9 Å². The highest BCUT2D eigenvalue weighted by Gasteiger charge is 2.35. The Labute approximate surface area is 150 Å². The molecule has 0 radical (unpaired) electrons. The van der Waals surface area contributed by atoms with Crippen LogP contribution in [0.3, 0.4) is 0 Å². The Morgan fingerprint density at radius 2 is 2.16 bits per heavy atom. The van der Waals surface area contributed by atoms with Crippen LogP contribution in [0.5, 0.6) is 0 Å². The quantitative estimate of drug-likeness (QED) is 0.833.